The number of hydrogen-bond donors (Lipinski definition) is 1. The van der Waals surface area contributed by atoms with Gasteiger partial charge in [-0.3, -0.25) is 9.00 Å². The van der Waals surface area contributed by atoms with Gasteiger partial charge in [-0.05, 0) is 18.2 Å². The van der Waals surface area contributed by atoms with Crippen LogP contribution in [0.5, 0.6) is 0 Å². The molecule has 0 bridgehead atoms. The van der Waals surface area contributed by atoms with E-state index in [9.17, 15) is 13.4 Å². The maximum atomic E-state index is 13.0. The summed E-state index contributed by atoms with van der Waals surface area (Å²) >= 11 is 1.53. The number of rotatable bonds is 6. The van der Waals surface area contributed by atoms with Crippen LogP contribution in [-0.4, -0.2) is 20.9 Å². The number of aromatic nitrogens is 1. The highest BCUT2D eigenvalue weighted by Gasteiger charge is 2.12. The lowest BCUT2D eigenvalue weighted by molar-refractivity contribution is -0.113. The first-order valence-electron chi connectivity index (χ1n) is 6.78. The summed E-state index contributed by atoms with van der Waals surface area (Å²) in [5.41, 5.74) is 1.10. The van der Waals surface area contributed by atoms with Gasteiger partial charge in [0, 0.05) is 27.8 Å². The second kappa shape index (κ2) is 7.60. The van der Waals surface area contributed by atoms with E-state index in [2.05, 4.69) is 10.3 Å². The fourth-order valence-electron chi connectivity index (χ4n) is 1.78. The zero-order chi connectivity index (χ0) is 16.1. The van der Waals surface area contributed by atoms with Crippen molar-refractivity contribution in [2.45, 2.75) is 25.5 Å². The molecule has 22 heavy (non-hydrogen) atoms. The number of nitrogens with zero attached hydrogens (tertiary/aromatic N) is 1. The van der Waals surface area contributed by atoms with Crippen molar-refractivity contribution in [1.29, 1.82) is 0 Å². The molecule has 0 aliphatic heterocycles. The predicted molar refractivity (Wildman–Crippen MR) is 87.9 cm³/mol. The van der Waals surface area contributed by atoms with E-state index in [0.717, 1.165) is 10.7 Å². The minimum atomic E-state index is -1.34. The van der Waals surface area contributed by atoms with Crippen LogP contribution in [-0.2, 0) is 21.3 Å². The first-order valence-corrected chi connectivity index (χ1v) is 9.15. The Hall–Kier alpha value is -1.60. The average molecular weight is 340 g/mol. The van der Waals surface area contributed by atoms with Crippen LogP contribution < -0.4 is 5.32 Å². The van der Waals surface area contributed by atoms with Crippen molar-refractivity contribution in [3.8, 4) is 0 Å². The molecule has 118 valence electrons. The van der Waals surface area contributed by atoms with Crippen LogP contribution in [0, 0.1) is 5.82 Å². The van der Waals surface area contributed by atoms with Gasteiger partial charge in [-0.25, -0.2) is 9.37 Å². The van der Waals surface area contributed by atoms with E-state index in [-0.39, 0.29) is 11.5 Å². The van der Waals surface area contributed by atoms with Gasteiger partial charge in [-0.1, -0.05) is 19.9 Å². The Kier molecular flexibility index (Phi) is 5.79. The quantitative estimate of drug-likeness (QED) is 0.878. The molecule has 2 rings (SSSR count). The van der Waals surface area contributed by atoms with E-state index < -0.39 is 22.5 Å². The van der Waals surface area contributed by atoms with Crippen LogP contribution in [0.1, 0.15) is 30.5 Å². The molecule has 0 fully saturated rings. The maximum absolute atomic E-state index is 13.0. The summed E-state index contributed by atoms with van der Waals surface area (Å²) in [6, 6.07) is 5.60. The zero-order valence-electron chi connectivity index (χ0n) is 12.3. The average Bonchev–Trinajstić information content (AvgIpc) is 2.86. The summed E-state index contributed by atoms with van der Waals surface area (Å²) in [5.74, 6) is -0.375. The Labute approximate surface area is 135 Å². The largest absolute Gasteiger partial charge is 0.325 e. The molecule has 0 spiro atoms. The number of anilines is 1. The minimum absolute atomic E-state index is 0.134. The topological polar surface area (TPSA) is 59.1 Å². The van der Waals surface area contributed by atoms with Gasteiger partial charge in [0.05, 0.1) is 16.5 Å². The van der Waals surface area contributed by atoms with Gasteiger partial charge in [0.1, 0.15) is 11.6 Å². The van der Waals surface area contributed by atoms with Crippen molar-refractivity contribution in [3.05, 3.63) is 46.2 Å². The Morgan fingerprint density at radius 1 is 1.45 bits per heavy atom. The molecular weight excluding hydrogens is 323 g/mol. The van der Waals surface area contributed by atoms with Crippen LogP contribution in [0.15, 0.2) is 29.6 Å². The van der Waals surface area contributed by atoms with E-state index in [1.807, 2.05) is 19.2 Å². The van der Waals surface area contributed by atoms with Crippen molar-refractivity contribution in [1.82, 2.24) is 4.98 Å². The van der Waals surface area contributed by atoms with Crippen LogP contribution in [0.3, 0.4) is 0 Å². The lowest BCUT2D eigenvalue weighted by atomic mass is 10.2. The Bertz CT molecular complexity index is 686. The molecule has 0 aliphatic carbocycles. The van der Waals surface area contributed by atoms with Crippen LogP contribution in [0.4, 0.5) is 10.1 Å². The molecule has 0 aliphatic rings. The van der Waals surface area contributed by atoms with Crippen molar-refractivity contribution < 1.29 is 13.4 Å². The predicted octanol–water partition coefficient (Wildman–Crippen LogP) is 3.29. The number of amides is 1. The van der Waals surface area contributed by atoms with E-state index in [4.69, 9.17) is 0 Å². The van der Waals surface area contributed by atoms with Gasteiger partial charge in [0.15, 0.2) is 0 Å². The lowest BCUT2D eigenvalue weighted by Gasteiger charge is -2.05. The fourth-order valence-corrected chi connectivity index (χ4v) is 3.66. The van der Waals surface area contributed by atoms with E-state index >= 15 is 0 Å². The van der Waals surface area contributed by atoms with Crippen LogP contribution in [0.25, 0.3) is 0 Å². The number of carbonyl (C=O) groups excluding carboxylic acids is 1. The van der Waals surface area contributed by atoms with Crippen molar-refractivity contribution in [2.24, 2.45) is 0 Å². The van der Waals surface area contributed by atoms with Gasteiger partial charge in [-0.2, -0.15) is 0 Å². The molecule has 1 atom stereocenters. The summed E-state index contributed by atoms with van der Waals surface area (Å²) in [4.78, 5) is 16.2. The molecule has 4 nitrogen and oxygen atoms in total. The third-order valence-electron chi connectivity index (χ3n) is 2.77. The smallest absolute Gasteiger partial charge is 0.237 e. The van der Waals surface area contributed by atoms with E-state index in [0.29, 0.717) is 11.6 Å². The normalized spacial score (nSPS) is 12.4. The second-order valence-electron chi connectivity index (χ2n) is 5.12. The Morgan fingerprint density at radius 2 is 2.23 bits per heavy atom. The first-order chi connectivity index (χ1) is 10.4. The van der Waals surface area contributed by atoms with Crippen LogP contribution in [0.2, 0.25) is 0 Å². The summed E-state index contributed by atoms with van der Waals surface area (Å²) in [6.45, 7) is 4.10. The van der Waals surface area contributed by atoms with Crippen molar-refractivity contribution >= 4 is 33.7 Å². The van der Waals surface area contributed by atoms with E-state index in [1.165, 1.54) is 29.5 Å². The molecule has 1 aromatic carbocycles. The summed E-state index contributed by atoms with van der Waals surface area (Å²) < 4.78 is 25.0. The number of thiazole rings is 1. The molecule has 0 radical (unpaired) electrons. The van der Waals surface area contributed by atoms with Gasteiger partial charge in [0.25, 0.3) is 0 Å². The second-order valence-corrected chi connectivity index (χ2v) is 7.47. The number of nitrogens with one attached hydrogen (secondary N) is 1. The fraction of sp³-hybridized carbons (Fsp3) is 0.333. The van der Waals surface area contributed by atoms with Crippen LogP contribution >= 0.6 is 11.3 Å². The Balaban J connectivity index is 1.87. The van der Waals surface area contributed by atoms with Crippen molar-refractivity contribution in [3.63, 3.8) is 0 Å². The summed E-state index contributed by atoms with van der Waals surface area (Å²) in [6.07, 6.45) is 0. The number of hydrogen-bond acceptors (Lipinski definition) is 4. The molecule has 0 saturated heterocycles. The Morgan fingerprint density at radius 3 is 2.86 bits per heavy atom. The molecule has 0 saturated carbocycles. The highest BCUT2D eigenvalue weighted by molar-refractivity contribution is 7.84. The SMILES string of the molecule is CC(C)c1nc(CS(=O)CC(=O)Nc2cccc(F)c2)cs1. The molecule has 1 unspecified atom stereocenters. The maximum Gasteiger partial charge on any atom is 0.237 e. The highest BCUT2D eigenvalue weighted by atomic mass is 32.2. The molecule has 2 aromatic rings. The standard InChI is InChI=1S/C15H17FN2O2S2/c1-10(2)15-18-13(7-21-15)8-22(20)9-14(19)17-12-5-3-4-11(16)6-12/h3-7,10H,8-9H2,1-2H3,(H,17,19). The third kappa shape index (κ3) is 4.99. The van der Waals surface area contributed by atoms with Crippen molar-refractivity contribution in [2.75, 3.05) is 11.1 Å². The number of carbonyl (C=O) groups is 1. The molecule has 1 heterocycles. The molecule has 1 aromatic heterocycles. The summed E-state index contributed by atoms with van der Waals surface area (Å²) in [5, 5.41) is 5.40. The monoisotopic (exact) mass is 340 g/mol. The van der Waals surface area contributed by atoms with Gasteiger partial charge in [0.2, 0.25) is 5.91 Å². The molecule has 1 amide bonds. The van der Waals surface area contributed by atoms with Gasteiger partial charge >= 0.3 is 0 Å². The van der Waals surface area contributed by atoms with Gasteiger partial charge < -0.3 is 5.32 Å². The number of benzene rings is 1. The zero-order valence-corrected chi connectivity index (χ0v) is 14.0. The minimum Gasteiger partial charge on any atom is -0.325 e. The molecule has 1 N–H and O–H groups in total. The van der Waals surface area contributed by atoms with Gasteiger partial charge in [-0.15, -0.1) is 11.3 Å². The first kappa shape index (κ1) is 16.8. The third-order valence-corrected chi connectivity index (χ3v) is 5.17. The summed E-state index contributed by atoms with van der Waals surface area (Å²) in [7, 11) is -1.34. The molecular formula is C15H17FN2O2S2. The lowest BCUT2D eigenvalue weighted by Crippen LogP contribution is -2.20. The highest BCUT2D eigenvalue weighted by Crippen LogP contribution is 2.20. The van der Waals surface area contributed by atoms with E-state index in [1.54, 1.807) is 6.07 Å². The molecule has 7 heteroatoms. The number of halogens is 1.